The standard InChI is InChI=1S/C12H14ClN3/c1-9-8-12(15(2)3)14-16(9)11-6-4-10(13)5-7-11/h4-8H,1-3H3. The maximum absolute atomic E-state index is 5.86. The van der Waals surface area contributed by atoms with Gasteiger partial charge in [0, 0.05) is 30.9 Å². The third-order valence-electron chi connectivity index (χ3n) is 2.40. The van der Waals surface area contributed by atoms with E-state index < -0.39 is 0 Å². The van der Waals surface area contributed by atoms with Crippen molar-refractivity contribution in [3.63, 3.8) is 0 Å². The van der Waals surface area contributed by atoms with Gasteiger partial charge in [-0.2, -0.15) is 5.10 Å². The van der Waals surface area contributed by atoms with E-state index in [0.29, 0.717) is 0 Å². The first kappa shape index (κ1) is 11.0. The second-order valence-electron chi connectivity index (χ2n) is 3.93. The topological polar surface area (TPSA) is 21.1 Å². The van der Waals surface area contributed by atoms with Gasteiger partial charge >= 0.3 is 0 Å². The highest BCUT2D eigenvalue weighted by Crippen LogP contribution is 2.18. The maximum Gasteiger partial charge on any atom is 0.150 e. The average Bonchev–Trinajstić information content (AvgIpc) is 2.62. The van der Waals surface area contributed by atoms with Crippen molar-refractivity contribution in [2.24, 2.45) is 0 Å². The molecule has 0 radical (unpaired) electrons. The number of halogens is 1. The van der Waals surface area contributed by atoms with Crippen LogP contribution >= 0.6 is 11.6 Å². The molecule has 0 amide bonds. The highest BCUT2D eigenvalue weighted by atomic mass is 35.5. The number of aryl methyl sites for hydroxylation is 1. The summed E-state index contributed by atoms with van der Waals surface area (Å²) < 4.78 is 1.91. The third-order valence-corrected chi connectivity index (χ3v) is 2.66. The largest absolute Gasteiger partial charge is 0.361 e. The van der Waals surface area contributed by atoms with Gasteiger partial charge in [0.05, 0.1) is 5.69 Å². The molecule has 0 saturated carbocycles. The quantitative estimate of drug-likeness (QED) is 0.798. The lowest BCUT2D eigenvalue weighted by Crippen LogP contribution is -2.09. The Kier molecular flexibility index (Phi) is 2.88. The molecule has 3 nitrogen and oxygen atoms in total. The Balaban J connectivity index is 2.44. The van der Waals surface area contributed by atoms with E-state index in [0.717, 1.165) is 22.2 Å². The molecule has 4 heteroatoms. The molecule has 1 aromatic carbocycles. The fourth-order valence-electron chi connectivity index (χ4n) is 1.52. The van der Waals surface area contributed by atoms with Crippen molar-refractivity contribution in [2.75, 3.05) is 19.0 Å². The van der Waals surface area contributed by atoms with Gasteiger partial charge in [-0.15, -0.1) is 0 Å². The monoisotopic (exact) mass is 235 g/mol. The van der Waals surface area contributed by atoms with Gasteiger partial charge in [-0.05, 0) is 31.2 Å². The van der Waals surface area contributed by atoms with Gasteiger partial charge in [0.15, 0.2) is 5.82 Å². The van der Waals surface area contributed by atoms with Crippen LogP contribution in [0.2, 0.25) is 5.02 Å². The molecule has 2 aromatic rings. The highest BCUT2D eigenvalue weighted by Gasteiger charge is 2.06. The minimum absolute atomic E-state index is 0.737. The predicted octanol–water partition coefficient (Wildman–Crippen LogP) is 2.90. The van der Waals surface area contributed by atoms with E-state index >= 15 is 0 Å². The first-order chi connectivity index (χ1) is 7.58. The summed E-state index contributed by atoms with van der Waals surface area (Å²) in [6.07, 6.45) is 0. The Bertz CT molecular complexity index is 485. The molecule has 1 aromatic heterocycles. The SMILES string of the molecule is Cc1cc(N(C)C)nn1-c1ccc(Cl)cc1. The molecular weight excluding hydrogens is 222 g/mol. The molecule has 0 aliphatic carbocycles. The summed E-state index contributed by atoms with van der Waals surface area (Å²) in [5.41, 5.74) is 2.13. The van der Waals surface area contributed by atoms with Crippen molar-refractivity contribution in [1.82, 2.24) is 9.78 Å². The van der Waals surface area contributed by atoms with E-state index in [2.05, 4.69) is 11.2 Å². The van der Waals surface area contributed by atoms with Crippen LogP contribution in [0.25, 0.3) is 5.69 Å². The number of nitrogens with zero attached hydrogens (tertiary/aromatic N) is 3. The van der Waals surface area contributed by atoms with Gasteiger partial charge in [-0.3, -0.25) is 0 Å². The van der Waals surface area contributed by atoms with Crippen LogP contribution in [0.5, 0.6) is 0 Å². The Hall–Kier alpha value is -1.48. The second kappa shape index (κ2) is 4.18. The van der Waals surface area contributed by atoms with Gasteiger partial charge in [0.2, 0.25) is 0 Å². The lowest BCUT2D eigenvalue weighted by molar-refractivity contribution is 0.837. The van der Waals surface area contributed by atoms with E-state index in [1.54, 1.807) is 0 Å². The molecule has 2 rings (SSSR count). The van der Waals surface area contributed by atoms with Crippen LogP contribution in [0.3, 0.4) is 0 Å². The van der Waals surface area contributed by atoms with Crippen molar-refractivity contribution in [3.05, 3.63) is 41.0 Å². The van der Waals surface area contributed by atoms with E-state index in [1.165, 1.54) is 0 Å². The van der Waals surface area contributed by atoms with Gasteiger partial charge in [-0.1, -0.05) is 11.6 Å². The van der Waals surface area contributed by atoms with E-state index in [9.17, 15) is 0 Å². The van der Waals surface area contributed by atoms with Gasteiger partial charge < -0.3 is 4.90 Å². The number of rotatable bonds is 2. The summed E-state index contributed by atoms with van der Waals surface area (Å²) >= 11 is 5.86. The Morgan fingerprint density at radius 1 is 1.19 bits per heavy atom. The fourth-order valence-corrected chi connectivity index (χ4v) is 1.65. The molecule has 0 fully saturated rings. The average molecular weight is 236 g/mol. The summed E-state index contributed by atoms with van der Waals surface area (Å²) in [4.78, 5) is 1.99. The Morgan fingerprint density at radius 2 is 1.81 bits per heavy atom. The van der Waals surface area contributed by atoms with Crippen molar-refractivity contribution in [1.29, 1.82) is 0 Å². The van der Waals surface area contributed by atoms with Gasteiger partial charge in [0.25, 0.3) is 0 Å². The van der Waals surface area contributed by atoms with E-state index in [1.807, 2.05) is 54.9 Å². The minimum atomic E-state index is 0.737. The summed E-state index contributed by atoms with van der Waals surface area (Å²) in [5.74, 6) is 0.951. The molecule has 0 atom stereocenters. The smallest absolute Gasteiger partial charge is 0.150 e. The molecule has 16 heavy (non-hydrogen) atoms. The summed E-state index contributed by atoms with van der Waals surface area (Å²) in [5, 5.41) is 5.25. The molecule has 0 aliphatic rings. The van der Waals surface area contributed by atoms with Gasteiger partial charge in [0.1, 0.15) is 0 Å². The van der Waals surface area contributed by atoms with Crippen LogP contribution in [-0.4, -0.2) is 23.9 Å². The van der Waals surface area contributed by atoms with Crippen LogP contribution in [0, 0.1) is 6.92 Å². The molecule has 0 bridgehead atoms. The zero-order valence-corrected chi connectivity index (χ0v) is 10.4. The zero-order valence-electron chi connectivity index (χ0n) is 9.61. The van der Waals surface area contributed by atoms with E-state index in [4.69, 9.17) is 11.6 Å². The normalized spacial score (nSPS) is 10.5. The highest BCUT2D eigenvalue weighted by molar-refractivity contribution is 6.30. The van der Waals surface area contributed by atoms with Crippen LogP contribution in [0.1, 0.15) is 5.69 Å². The predicted molar refractivity (Wildman–Crippen MR) is 67.6 cm³/mol. The third kappa shape index (κ3) is 2.04. The number of aromatic nitrogens is 2. The molecular formula is C12H14ClN3. The van der Waals surface area contributed by atoms with Crippen LogP contribution in [0.15, 0.2) is 30.3 Å². The molecule has 0 unspecified atom stereocenters. The summed E-state index contributed by atoms with van der Waals surface area (Å²) in [7, 11) is 3.96. The molecule has 0 saturated heterocycles. The lowest BCUT2D eigenvalue weighted by atomic mass is 10.3. The molecule has 1 heterocycles. The second-order valence-corrected chi connectivity index (χ2v) is 4.36. The van der Waals surface area contributed by atoms with Crippen LogP contribution in [0.4, 0.5) is 5.82 Å². The number of hydrogen-bond acceptors (Lipinski definition) is 2. The first-order valence-electron chi connectivity index (χ1n) is 5.08. The van der Waals surface area contributed by atoms with Crippen molar-refractivity contribution in [2.45, 2.75) is 6.92 Å². The lowest BCUT2D eigenvalue weighted by Gasteiger charge is -2.07. The van der Waals surface area contributed by atoms with Crippen LogP contribution in [-0.2, 0) is 0 Å². The number of anilines is 1. The van der Waals surface area contributed by atoms with E-state index in [-0.39, 0.29) is 0 Å². The Labute approximate surface area is 100 Å². The Morgan fingerprint density at radius 3 is 2.31 bits per heavy atom. The number of benzene rings is 1. The molecule has 0 N–H and O–H groups in total. The van der Waals surface area contributed by atoms with Crippen LogP contribution < -0.4 is 4.90 Å². The molecule has 0 aliphatic heterocycles. The zero-order chi connectivity index (χ0) is 11.7. The van der Waals surface area contributed by atoms with Crippen molar-refractivity contribution >= 4 is 17.4 Å². The summed E-state index contributed by atoms with van der Waals surface area (Å²) in [6.45, 7) is 2.04. The first-order valence-corrected chi connectivity index (χ1v) is 5.45. The summed E-state index contributed by atoms with van der Waals surface area (Å²) in [6, 6.07) is 9.71. The van der Waals surface area contributed by atoms with Crippen molar-refractivity contribution < 1.29 is 0 Å². The molecule has 0 spiro atoms. The maximum atomic E-state index is 5.86. The molecule has 84 valence electrons. The fraction of sp³-hybridized carbons (Fsp3) is 0.250. The van der Waals surface area contributed by atoms with Crippen molar-refractivity contribution in [3.8, 4) is 5.69 Å². The minimum Gasteiger partial charge on any atom is -0.361 e. The number of hydrogen-bond donors (Lipinski definition) is 0. The van der Waals surface area contributed by atoms with Gasteiger partial charge in [-0.25, -0.2) is 4.68 Å².